The van der Waals surface area contributed by atoms with Gasteiger partial charge >= 0.3 is 0 Å². The van der Waals surface area contributed by atoms with E-state index in [2.05, 4.69) is 5.14 Å². The molecule has 10 heavy (non-hydrogen) atoms. The van der Waals surface area contributed by atoms with Crippen molar-refractivity contribution in [2.75, 3.05) is 0 Å². The van der Waals surface area contributed by atoms with Crippen molar-refractivity contribution in [3.63, 3.8) is 0 Å². The molecule has 56 valence electrons. The van der Waals surface area contributed by atoms with E-state index in [1.165, 1.54) is 5.38 Å². The lowest BCUT2D eigenvalue weighted by molar-refractivity contribution is 0.581. The molecule has 0 fully saturated rings. The van der Waals surface area contributed by atoms with Crippen molar-refractivity contribution >= 4 is 21.4 Å². The molecule has 0 atom stereocenters. The number of nitrogens with two attached hydrogens (primary N) is 1. The zero-order chi connectivity index (χ0) is 7.78. The lowest BCUT2D eigenvalue weighted by Crippen LogP contribution is -2.12. The minimum atomic E-state index is -3.85. The fraction of sp³-hybridized carbons (Fsp3) is 0. The molecule has 0 saturated heterocycles. The standard InChI is InChI=1S/C4H4FNO2S2/c5-4-3(1-2-9-4)10(6,7)8/h1-2H,(H2,6,7,8). The van der Waals surface area contributed by atoms with Crippen molar-refractivity contribution in [3.8, 4) is 0 Å². The molecule has 0 bridgehead atoms. The maximum atomic E-state index is 12.4. The molecule has 0 aliphatic heterocycles. The molecular formula is C4H4FNO2S2. The van der Waals surface area contributed by atoms with Crippen LogP contribution >= 0.6 is 11.3 Å². The minimum Gasteiger partial charge on any atom is -0.225 e. The van der Waals surface area contributed by atoms with Crippen LogP contribution in [0.15, 0.2) is 16.3 Å². The molecule has 0 radical (unpaired) electrons. The van der Waals surface area contributed by atoms with Crippen LogP contribution in [0.4, 0.5) is 4.39 Å². The van der Waals surface area contributed by atoms with Gasteiger partial charge in [0, 0.05) is 0 Å². The molecule has 0 amide bonds. The third kappa shape index (κ3) is 1.34. The summed E-state index contributed by atoms with van der Waals surface area (Å²) in [5.74, 6) is 0. The van der Waals surface area contributed by atoms with Crippen LogP contribution < -0.4 is 5.14 Å². The topological polar surface area (TPSA) is 60.2 Å². The van der Waals surface area contributed by atoms with Crippen LogP contribution in [-0.2, 0) is 10.0 Å². The third-order valence-corrected chi connectivity index (χ3v) is 2.65. The second-order valence-corrected chi connectivity index (χ2v) is 4.00. The first kappa shape index (κ1) is 7.64. The molecule has 2 N–H and O–H groups in total. The SMILES string of the molecule is NS(=O)(=O)c1ccsc1F. The fourth-order valence-electron chi connectivity index (χ4n) is 0.486. The zero-order valence-electron chi connectivity index (χ0n) is 4.74. The average Bonchev–Trinajstić information content (AvgIpc) is 2.11. The van der Waals surface area contributed by atoms with Gasteiger partial charge in [-0.1, -0.05) is 0 Å². The van der Waals surface area contributed by atoms with E-state index in [1.54, 1.807) is 0 Å². The van der Waals surface area contributed by atoms with Gasteiger partial charge in [-0.15, -0.1) is 11.3 Å². The van der Waals surface area contributed by atoms with Crippen molar-refractivity contribution in [1.29, 1.82) is 0 Å². The number of halogens is 1. The molecule has 0 unspecified atom stereocenters. The van der Waals surface area contributed by atoms with Crippen LogP contribution in [0.2, 0.25) is 0 Å². The number of hydrogen-bond donors (Lipinski definition) is 1. The highest BCUT2D eigenvalue weighted by Crippen LogP contribution is 2.17. The van der Waals surface area contributed by atoms with Gasteiger partial charge in [0.2, 0.25) is 10.0 Å². The van der Waals surface area contributed by atoms with E-state index in [0.29, 0.717) is 11.3 Å². The Labute approximate surface area is 61.3 Å². The zero-order valence-corrected chi connectivity index (χ0v) is 6.38. The summed E-state index contributed by atoms with van der Waals surface area (Å²) in [5.41, 5.74) is 0. The minimum absolute atomic E-state index is 0.433. The van der Waals surface area contributed by atoms with Gasteiger partial charge < -0.3 is 0 Å². The van der Waals surface area contributed by atoms with Crippen LogP contribution in [0.3, 0.4) is 0 Å². The predicted octanol–water partition coefficient (Wildman–Crippen LogP) is 0.535. The Kier molecular flexibility index (Phi) is 1.76. The van der Waals surface area contributed by atoms with Gasteiger partial charge in [-0.05, 0) is 11.4 Å². The molecule has 0 aliphatic rings. The van der Waals surface area contributed by atoms with Gasteiger partial charge in [-0.2, -0.15) is 4.39 Å². The first-order valence-electron chi connectivity index (χ1n) is 2.27. The lowest BCUT2D eigenvalue weighted by atomic mass is 10.7. The third-order valence-electron chi connectivity index (χ3n) is 0.891. The van der Waals surface area contributed by atoms with Crippen LogP contribution in [0.1, 0.15) is 0 Å². The van der Waals surface area contributed by atoms with Crippen LogP contribution in [0.25, 0.3) is 0 Å². The van der Waals surface area contributed by atoms with E-state index in [4.69, 9.17) is 0 Å². The molecule has 1 heterocycles. The molecular weight excluding hydrogens is 177 g/mol. The van der Waals surface area contributed by atoms with Crippen molar-refractivity contribution in [2.24, 2.45) is 5.14 Å². The van der Waals surface area contributed by atoms with Crippen LogP contribution in [-0.4, -0.2) is 8.42 Å². The number of rotatable bonds is 1. The summed E-state index contributed by atoms with van der Waals surface area (Å²) in [7, 11) is -3.85. The summed E-state index contributed by atoms with van der Waals surface area (Å²) in [6.07, 6.45) is 0. The second kappa shape index (κ2) is 2.30. The first-order chi connectivity index (χ1) is 4.52. The van der Waals surface area contributed by atoms with Gasteiger partial charge in [0.15, 0.2) is 5.13 Å². The highest BCUT2D eigenvalue weighted by molar-refractivity contribution is 7.89. The van der Waals surface area contributed by atoms with E-state index >= 15 is 0 Å². The largest absolute Gasteiger partial charge is 0.241 e. The Morgan fingerprint density at radius 2 is 2.20 bits per heavy atom. The lowest BCUT2D eigenvalue weighted by Gasteiger charge is -1.89. The van der Waals surface area contributed by atoms with E-state index in [-0.39, 0.29) is 0 Å². The van der Waals surface area contributed by atoms with Crippen LogP contribution in [0.5, 0.6) is 0 Å². The smallest absolute Gasteiger partial charge is 0.225 e. The van der Waals surface area contributed by atoms with Crippen molar-refractivity contribution in [2.45, 2.75) is 4.90 Å². The molecule has 6 heteroatoms. The summed E-state index contributed by atoms with van der Waals surface area (Å²) in [5, 5.41) is 5.21. The highest BCUT2D eigenvalue weighted by atomic mass is 32.2. The van der Waals surface area contributed by atoms with Crippen LogP contribution in [0, 0.1) is 5.13 Å². The average molecular weight is 181 g/mol. The molecule has 1 aromatic rings. The molecule has 0 aliphatic carbocycles. The monoisotopic (exact) mass is 181 g/mol. The molecule has 0 aromatic carbocycles. The van der Waals surface area contributed by atoms with Gasteiger partial charge in [0.05, 0.1) is 0 Å². The highest BCUT2D eigenvalue weighted by Gasteiger charge is 2.14. The van der Waals surface area contributed by atoms with E-state index < -0.39 is 20.0 Å². The van der Waals surface area contributed by atoms with E-state index in [1.807, 2.05) is 0 Å². The normalized spacial score (nSPS) is 11.8. The summed E-state index contributed by atoms with van der Waals surface area (Å²) >= 11 is 0.705. The maximum absolute atomic E-state index is 12.4. The number of primary sulfonamides is 1. The summed E-state index contributed by atoms with van der Waals surface area (Å²) in [6, 6.07) is 1.13. The summed E-state index contributed by atoms with van der Waals surface area (Å²) in [6.45, 7) is 0. The fourth-order valence-corrected chi connectivity index (χ4v) is 2.05. The van der Waals surface area contributed by atoms with Crippen molar-refractivity contribution in [3.05, 3.63) is 16.6 Å². The first-order valence-corrected chi connectivity index (χ1v) is 4.70. The number of thiophene rings is 1. The van der Waals surface area contributed by atoms with E-state index in [0.717, 1.165) is 6.07 Å². The molecule has 1 rings (SSSR count). The maximum Gasteiger partial charge on any atom is 0.241 e. The quantitative estimate of drug-likeness (QED) is 0.687. The van der Waals surface area contributed by atoms with E-state index in [9.17, 15) is 12.8 Å². The Bertz CT molecular complexity index is 329. The Morgan fingerprint density at radius 3 is 2.40 bits per heavy atom. The Morgan fingerprint density at radius 1 is 1.60 bits per heavy atom. The van der Waals surface area contributed by atoms with Crippen molar-refractivity contribution < 1.29 is 12.8 Å². The van der Waals surface area contributed by atoms with Gasteiger partial charge in [0.25, 0.3) is 0 Å². The molecule has 0 saturated carbocycles. The predicted molar refractivity (Wildman–Crippen MR) is 35.7 cm³/mol. The van der Waals surface area contributed by atoms with Crippen molar-refractivity contribution in [1.82, 2.24) is 0 Å². The molecule has 0 spiro atoms. The Hall–Kier alpha value is -0.460. The Balaban J connectivity index is 3.32. The number of sulfonamides is 1. The summed E-state index contributed by atoms with van der Waals surface area (Å²) < 4.78 is 33.3. The van der Waals surface area contributed by atoms with Gasteiger partial charge in [0.1, 0.15) is 4.90 Å². The van der Waals surface area contributed by atoms with Gasteiger partial charge in [-0.3, -0.25) is 0 Å². The second-order valence-electron chi connectivity index (χ2n) is 1.60. The molecule has 3 nitrogen and oxygen atoms in total. The summed E-state index contributed by atoms with van der Waals surface area (Å²) in [4.78, 5) is -0.433. The van der Waals surface area contributed by atoms with Gasteiger partial charge in [-0.25, -0.2) is 13.6 Å². The number of hydrogen-bond acceptors (Lipinski definition) is 3. The molecule has 1 aromatic heterocycles.